The van der Waals surface area contributed by atoms with Crippen molar-refractivity contribution in [3.8, 4) is 11.9 Å². The zero-order valence-corrected chi connectivity index (χ0v) is 15.6. The van der Waals surface area contributed by atoms with Gasteiger partial charge in [0.25, 0.3) is 11.5 Å². The molecule has 0 saturated heterocycles. The van der Waals surface area contributed by atoms with E-state index in [0.717, 1.165) is 9.58 Å². The first-order valence-electron chi connectivity index (χ1n) is 7.17. The molecule has 132 valence electrons. The molecule has 2 aromatic rings. The van der Waals surface area contributed by atoms with Crippen molar-refractivity contribution in [2.24, 2.45) is 4.99 Å². The maximum atomic E-state index is 12.4. The smallest absolute Gasteiger partial charge is 0.280 e. The molecule has 0 spiro atoms. The van der Waals surface area contributed by atoms with Crippen LogP contribution in [0.2, 0.25) is 15.1 Å². The van der Waals surface area contributed by atoms with Gasteiger partial charge in [0.2, 0.25) is 12.1 Å². The van der Waals surface area contributed by atoms with Crippen LogP contribution in [0.4, 0.5) is 0 Å². The van der Waals surface area contributed by atoms with Crippen molar-refractivity contribution in [3.63, 3.8) is 0 Å². The Balaban J connectivity index is 2.37. The largest absolute Gasteiger partial charge is 0.282 e. The molecule has 2 amide bonds. The van der Waals surface area contributed by atoms with E-state index in [2.05, 4.69) is 15.1 Å². The van der Waals surface area contributed by atoms with Crippen molar-refractivity contribution < 1.29 is 9.59 Å². The number of rotatable bonds is 1. The molecular weight excluding hydrogens is 403 g/mol. The third-order valence-corrected chi connectivity index (χ3v) is 5.15. The van der Waals surface area contributed by atoms with Crippen LogP contribution >= 0.6 is 34.8 Å². The Morgan fingerprint density at radius 1 is 1.23 bits per heavy atom. The molecule has 1 aliphatic rings. The summed E-state index contributed by atoms with van der Waals surface area (Å²) in [6, 6.07) is 2.98. The molecule has 0 N–H and O–H groups in total. The fraction of sp³-hybridized carbons (Fsp3) is 0.200. The van der Waals surface area contributed by atoms with Gasteiger partial charge in [-0.3, -0.25) is 14.5 Å². The Kier molecular flexibility index (Phi) is 4.71. The molecular formula is C15H9Cl3N6O2. The molecule has 2 heterocycles. The molecule has 0 radical (unpaired) electrons. The van der Waals surface area contributed by atoms with Crippen LogP contribution in [0.15, 0.2) is 17.1 Å². The van der Waals surface area contributed by atoms with Crippen LogP contribution in [-0.2, 0) is 4.79 Å². The summed E-state index contributed by atoms with van der Waals surface area (Å²) in [5.41, 5.74) is 0.173. The minimum atomic E-state index is -0.716. The van der Waals surface area contributed by atoms with Crippen molar-refractivity contribution in [2.75, 3.05) is 7.05 Å². The number of likely N-dealkylation sites (N-methyl/N-ethyl adjacent to an activating group) is 1. The van der Waals surface area contributed by atoms with E-state index < -0.39 is 17.7 Å². The average Bonchev–Trinajstić information content (AvgIpc) is 2.63. The highest BCUT2D eigenvalue weighted by atomic mass is 35.5. The maximum Gasteiger partial charge on any atom is 0.282 e. The van der Waals surface area contributed by atoms with Gasteiger partial charge in [0, 0.05) is 7.05 Å². The number of imide groups is 1. The van der Waals surface area contributed by atoms with E-state index in [4.69, 9.17) is 40.1 Å². The lowest BCUT2D eigenvalue weighted by Crippen LogP contribution is -2.45. The molecule has 26 heavy (non-hydrogen) atoms. The van der Waals surface area contributed by atoms with Crippen molar-refractivity contribution in [1.82, 2.24) is 19.7 Å². The first kappa shape index (κ1) is 18.3. The van der Waals surface area contributed by atoms with Gasteiger partial charge in [0.05, 0.1) is 32.4 Å². The molecule has 1 unspecified atom stereocenters. The number of carbonyl (C=O) groups excluding carboxylic acids is 2. The second kappa shape index (κ2) is 6.68. The molecule has 1 aromatic heterocycles. The standard InChI is InChI=1S/C15H9Cl3N6O2/c1-6-11-12(14(26)23(2)13(6)25)22-24(15(21-11)20-5-19)8-4-3-7(16)9(17)10(8)18/h3-4,6H,1-2H3. The number of hydrogen-bond acceptors (Lipinski definition) is 6. The number of fused-ring (bicyclic) bond motifs is 1. The SMILES string of the molecule is CC1C(=O)N(C)C(=O)c2nn(-c3ccc(Cl)c(Cl)c3Cl)c(=NC#N)nc21. The Morgan fingerprint density at radius 3 is 2.58 bits per heavy atom. The fourth-order valence-electron chi connectivity index (χ4n) is 2.48. The van der Waals surface area contributed by atoms with Gasteiger partial charge in [0.1, 0.15) is 0 Å². The van der Waals surface area contributed by atoms with Crippen LogP contribution in [0.3, 0.4) is 0 Å². The van der Waals surface area contributed by atoms with E-state index in [1.54, 1.807) is 13.1 Å². The molecule has 8 nitrogen and oxygen atoms in total. The van der Waals surface area contributed by atoms with E-state index in [1.807, 2.05) is 0 Å². The van der Waals surface area contributed by atoms with Crippen LogP contribution in [0.1, 0.15) is 29.0 Å². The molecule has 1 atom stereocenters. The van der Waals surface area contributed by atoms with Gasteiger partial charge in [-0.2, -0.15) is 15.0 Å². The number of carbonyl (C=O) groups is 2. The number of hydrogen-bond donors (Lipinski definition) is 0. The molecule has 0 fully saturated rings. The Hall–Kier alpha value is -2.47. The van der Waals surface area contributed by atoms with Gasteiger partial charge in [0.15, 0.2) is 5.69 Å². The Labute approximate surface area is 162 Å². The molecule has 0 saturated carbocycles. The summed E-state index contributed by atoms with van der Waals surface area (Å²) in [6.07, 6.45) is 1.61. The van der Waals surface area contributed by atoms with Crippen molar-refractivity contribution >= 4 is 46.6 Å². The lowest BCUT2D eigenvalue weighted by Gasteiger charge is -2.26. The molecule has 0 bridgehead atoms. The highest BCUT2D eigenvalue weighted by Gasteiger charge is 2.37. The Morgan fingerprint density at radius 2 is 1.92 bits per heavy atom. The topological polar surface area (TPSA) is 104 Å². The summed E-state index contributed by atoms with van der Waals surface area (Å²) in [5, 5.41) is 13.5. The first-order valence-corrected chi connectivity index (χ1v) is 8.31. The predicted octanol–water partition coefficient (Wildman–Crippen LogP) is 2.32. The van der Waals surface area contributed by atoms with Gasteiger partial charge < -0.3 is 0 Å². The lowest BCUT2D eigenvalue weighted by molar-refractivity contribution is -0.129. The Bertz CT molecular complexity index is 1070. The van der Waals surface area contributed by atoms with Gasteiger partial charge in [-0.15, -0.1) is 4.99 Å². The zero-order valence-electron chi connectivity index (χ0n) is 13.4. The first-order chi connectivity index (χ1) is 12.3. The number of aromatic nitrogens is 3. The van der Waals surface area contributed by atoms with Crippen LogP contribution in [0.5, 0.6) is 0 Å². The summed E-state index contributed by atoms with van der Waals surface area (Å²) >= 11 is 18.2. The summed E-state index contributed by atoms with van der Waals surface area (Å²) in [6.45, 7) is 1.59. The highest BCUT2D eigenvalue weighted by Crippen LogP contribution is 2.34. The zero-order chi connectivity index (χ0) is 19.2. The molecule has 0 aliphatic carbocycles. The minimum absolute atomic E-state index is 0.0429. The summed E-state index contributed by atoms with van der Waals surface area (Å²) in [4.78, 5) is 33.4. The molecule has 11 heteroatoms. The lowest BCUT2D eigenvalue weighted by atomic mass is 9.99. The predicted molar refractivity (Wildman–Crippen MR) is 93.1 cm³/mol. The number of nitriles is 1. The van der Waals surface area contributed by atoms with Crippen LogP contribution < -0.4 is 5.62 Å². The summed E-state index contributed by atoms with van der Waals surface area (Å²) < 4.78 is 1.11. The maximum absolute atomic E-state index is 12.4. The van der Waals surface area contributed by atoms with Crippen LogP contribution in [0, 0.1) is 11.5 Å². The quantitative estimate of drug-likeness (QED) is 0.407. The van der Waals surface area contributed by atoms with E-state index in [9.17, 15) is 9.59 Å². The average molecular weight is 412 g/mol. The van der Waals surface area contributed by atoms with Gasteiger partial charge in [-0.1, -0.05) is 34.8 Å². The fourth-order valence-corrected chi connectivity index (χ4v) is 3.09. The molecule has 1 aliphatic heterocycles. The van der Waals surface area contributed by atoms with Crippen LogP contribution in [0.25, 0.3) is 5.69 Å². The number of nitrogens with zero attached hydrogens (tertiary/aromatic N) is 6. The minimum Gasteiger partial charge on any atom is -0.280 e. The third-order valence-electron chi connectivity index (χ3n) is 3.86. The second-order valence-electron chi connectivity index (χ2n) is 5.39. The van der Waals surface area contributed by atoms with Gasteiger partial charge in [-0.25, -0.2) is 4.98 Å². The van der Waals surface area contributed by atoms with Gasteiger partial charge >= 0.3 is 0 Å². The summed E-state index contributed by atoms with van der Waals surface area (Å²) in [5.74, 6) is -1.76. The number of amides is 2. The van der Waals surface area contributed by atoms with E-state index in [0.29, 0.717) is 0 Å². The third kappa shape index (κ3) is 2.74. The summed E-state index contributed by atoms with van der Waals surface area (Å²) in [7, 11) is 1.36. The van der Waals surface area contributed by atoms with Crippen molar-refractivity contribution in [3.05, 3.63) is 44.2 Å². The van der Waals surface area contributed by atoms with E-state index >= 15 is 0 Å². The van der Waals surface area contributed by atoms with Crippen molar-refractivity contribution in [1.29, 1.82) is 5.26 Å². The van der Waals surface area contributed by atoms with Crippen LogP contribution in [-0.4, -0.2) is 38.5 Å². The molecule has 1 aromatic carbocycles. The molecule has 3 rings (SSSR count). The number of halogens is 3. The monoisotopic (exact) mass is 410 g/mol. The second-order valence-corrected chi connectivity index (χ2v) is 6.55. The van der Waals surface area contributed by atoms with E-state index in [1.165, 1.54) is 19.2 Å². The van der Waals surface area contributed by atoms with E-state index in [-0.39, 0.29) is 37.8 Å². The highest BCUT2D eigenvalue weighted by molar-refractivity contribution is 6.48. The van der Waals surface area contributed by atoms with Gasteiger partial charge in [-0.05, 0) is 19.1 Å². The number of benzene rings is 1. The van der Waals surface area contributed by atoms with Crippen molar-refractivity contribution in [2.45, 2.75) is 12.8 Å². The normalized spacial score (nSPS) is 17.3.